The summed E-state index contributed by atoms with van der Waals surface area (Å²) in [4.78, 5) is 10.5. The van der Waals surface area contributed by atoms with Crippen molar-refractivity contribution in [2.24, 2.45) is 5.73 Å². The summed E-state index contributed by atoms with van der Waals surface area (Å²) in [5.41, 5.74) is 6.42. The van der Waals surface area contributed by atoms with E-state index in [0.717, 1.165) is 25.7 Å². The maximum absolute atomic E-state index is 10.9. The first-order valence-corrected chi connectivity index (χ1v) is 6.67. The molecule has 0 aliphatic heterocycles. The van der Waals surface area contributed by atoms with Crippen LogP contribution in [0, 0.1) is 10.1 Å². The molecule has 1 saturated carbocycles. The van der Waals surface area contributed by atoms with E-state index in [-0.39, 0.29) is 17.8 Å². The van der Waals surface area contributed by atoms with Crippen molar-refractivity contribution >= 4 is 17.3 Å². The van der Waals surface area contributed by atoms with Crippen LogP contribution in [-0.4, -0.2) is 17.1 Å². The van der Waals surface area contributed by atoms with Gasteiger partial charge in [0.05, 0.1) is 23.7 Å². The minimum atomic E-state index is -0.446. The van der Waals surface area contributed by atoms with E-state index in [4.69, 9.17) is 22.1 Å². The van der Waals surface area contributed by atoms with Gasteiger partial charge in [0.1, 0.15) is 0 Å². The van der Waals surface area contributed by atoms with Crippen LogP contribution in [0.25, 0.3) is 0 Å². The highest BCUT2D eigenvalue weighted by atomic mass is 35.5. The standard InChI is InChI=1S/C13H17ClN2O3/c14-11-4-3-10(12(7-11)16(17)18)8-19-9-13(15)5-1-2-6-13/h3-4,7H,1-2,5-6,8-9,15H2. The maximum Gasteiger partial charge on any atom is 0.276 e. The van der Waals surface area contributed by atoms with Crippen LogP contribution in [0.4, 0.5) is 5.69 Å². The zero-order chi connectivity index (χ0) is 13.9. The highest BCUT2D eigenvalue weighted by Gasteiger charge is 2.29. The van der Waals surface area contributed by atoms with Crippen LogP contribution >= 0.6 is 11.6 Å². The normalized spacial score (nSPS) is 17.6. The number of hydrogen-bond acceptors (Lipinski definition) is 4. The van der Waals surface area contributed by atoms with E-state index in [2.05, 4.69) is 0 Å². The van der Waals surface area contributed by atoms with E-state index in [1.54, 1.807) is 12.1 Å². The van der Waals surface area contributed by atoms with Gasteiger partial charge in [-0.25, -0.2) is 0 Å². The molecule has 1 fully saturated rings. The fourth-order valence-corrected chi connectivity index (χ4v) is 2.58. The quantitative estimate of drug-likeness (QED) is 0.666. The lowest BCUT2D eigenvalue weighted by molar-refractivity contribution is -0.385. The molecule has 0 radical (unpaired) electrons. The Bertz CT molecular complexity index is 473. The number of nitrogens with two attached hydrogens (primary N) is 1. The maximum atomic E-state index is 10.9. The van der Waals surface area contributed by atoms with Crippen LogP contribution in [0.2, 0.25) is 5.02 Å². The SMILES string of the molecule is NC1(COCc2ccc(Cl)cc2[N+](=O)[O-])CCCC1. The summed E-state index contributed by atoms with van der Waals surface area (Å²) in [7, 11) is 0. The van der Waals surface area contributed by atoms with Gasteiger partial charge in [0.25, 0.3) is 5.69 Å². The van der Waals surface area contributed by atoms with Crippen molar-refractivity contribution in [3.63, 3.8) is 0 Å². The van der Waals surface area contributed by atoms with Crippen molar-refractivity contribution in [1.82, 2.24) is 0 Å². The minimum absolute atomic E-state index is 0.00927. The molecule has 19 heavy (non-hydrogen) atoms. The van der Waals surface area contributed by atoms with Crippen molar-refractivity contribution < 1.29 is 9.66 Å². The second-order valence-corrected chi connectivity index (χ2v) is 5.53. The van der Waals surface area contributed by atoms with Gasteiger partial charge in [-0.3, -0.25) is 10.1 Å². The average Bonchev–Trinajstić information content (AvgIpc) is 2.78. The van der Waals surface area contributed by atoms with Crippen LogP contribution in [0.15, 0.2) is 18.2 Å². The number of halogens is 1. The Hall–Kier alpha value is -1.17. The zero-order valence-corrected chi connectivity index (χ0v) is 11.4. The Morgan fingerprint density at radius 2 is 2.11 bits per heavy atom. The van der Waals surface area contributed by atoms with Crippen molar-refractivity contribution in [3.05, 3.63) is 38.9 Å². The molecule has 0 bridgehead atoms. The van der Waals surface area contributed by atoms with Crippen LogP contribution in [0.1, 0.15) is 31.2 Å². The Balaban J connectivity index is 1.97. The molecule has 2 N–H and O–H groups in total. The molecule has 2 rings (SSSR count). The van der Waals surface area contributed by atoms with Gasteiger partial charge >= 0.3 is 0 Å². The summed E-state index contributed by atoms with van der Waals surface area (Å²) in [6.07, 6.45) is 4.16. The van der Waals surface area contributed by atoms with Gasteiger partial charge in [0.2, 0.25) is 0 Å². The Labute approximate surface area is 116 Å². The molecule has 0 unspecified atom stereocenters. The molecule has 6 heteroatoms. The summed E-state index contributed by atoms with van der Waals surface area (Å²) < 4.78 is 5.56. The van der Waals surface area contributed by atoms with Crippen LogP contribution < -0.4 is 5.73 Å². The molecule has 1 aliphatic rings. The first-order valence-electron chi connectivity index (χ1n) is 6.30. The molecule has 104 valence electrons. The van der Waals surface area contributed by atoms with Gasteiger partial charge in [-0.15, -0.1) is 0 Å². The number of rotatable bonds is 5. The highest BCUT2D eigenvalue weighted by molar-refractivity contribution is 6.30. The number of nitrogens with zero attached hydrogens (tertiary/aromatic N) is 1. The van der Waals surface area contributed by atoms with Crippen LogP contribution in [0.5, 0.6) is 0 Å². The molecular weight excluding hydrogens is 268 g/mol. The molecule has 0 spiro atoms. The van der Waals surface area contributed by atoms with E-state index in [1.807, 2.05) is 0 Å². The Kier molecular flexibility index (Phi) is 4.39. The molecule has 1 aliphatic carbocycles. The third-order valence-corrected chi connectivity index (χ3v) is 3.73. The van der Waals surface area contributed by atoms with Crippen molar-refractivity contribution in [3.8, 4) is 0 Å². The average molecular weight is 285 g/mol. The van der Waals surface area contributed by atoms with E-state index in [9.17, 15) is 10.1 Å². The molecule has 0 heterocycles. The summed E-state index contributed by atoms with van der Waals surface area (Å²) >= 11 is 5.76. The van der Waals surface area contributed by atoms with Gasteiger partial charge in [-0.1, -0.05) is 24.4 Å². The Morgan fingerprint density at radius 3 is 2.74 bits per heavy atom. The third-order valence-electron chi connectivity index (χ3n) is 3.49. The summed E-state index contributed by atoms with van der Waals surface area (Å²) in [5.74, 6) is 0. The highest BCUT2D eigenvalue weighted by Crippen LogP contribution is 2.28. The van der Waals surface area contributed by atoms with Gasteiger partial charge in [0, 0.05) is 16.6 Å². The number of ether oxygens (including phenoxy) is 1. The molecule has 0 aromatic heterocycles. The molecule has 0 saturated heterocycles. The van der Waals surface area contributed by atoms with Gasteiger partial charge in [0.15, 0.2) is 0 Å². The first-order chi connectivity index (χ1) is 9.00. The molecule has 1 aromatic rings. The van der Waals surface area contributed by atoms with Crippen molar-refractivity contribution in [2.45, 2.75) is 37.8 Å². The smallest absolute Gasteiger partial charge is 0.276 e. The number of nitro benzene ring substituents is 1. The summed E-state index contributed by atoms with van der Waals surface area (Å²) in [6, 6.07) is 4.59. The summed E-state index contributed by atoms with van der Waals surface area (Å²) in [5, 5.41) is 11.3. The number of hydrogen-bond donors (Lipinski definition) is 1. The van der Waals surface area contributed by atoms with Gasteiger partial charge < -0.3 is 10.5 Å². The van der Waals surface area contributed by atoms with Gasteiger partial charge in [-0.05, 0) is 25.0 Å². The van der Waals surface area contributed by atoms with Crippen molar-refractivity contribution in [2.75, 3.05) is 6.61 Å². The largest absolute Gasteiger partial charge is 0.375 e. The number of benzene rings is 1. The van der Waals surface area contributed by atoms with Crippen LogP contribution in [-0.2, 0) is 11.3 Å². The fraction of sp³-hybridized carbons (Fsp3) is 0.538. The number of nitro groups is 1. The van der Waals surface area contributed by atoms with E-state index >= 15 is 0 Å². The lowest BCUT2D eigenvalue weighted by atomic mass is 10.0. The van der Waals surface area contributed by atoms with E-state index in [1.165, 1.54) is 6.07 Å². The van der Waals surface area contributed by atoms with E-state index < -0.39 is 4.92 Å². The zero-order valence-electron chi connectivity index (χ0n) is 10.6. The predicted octanol–water partition coefficient (Wildman–Crippen LogP) is 3.04. The minimum Gasteiger partial charge on any atom is -0.375 e. The van der Waals surface area contributed by atoms with Crippen LogP contribution in [0.3, 0.4) is 0 Å². The Morgan fingerprint density at radius 1 is 1.42 bits per heavy atom. The molecule has 0 amide bonds. The lowest BCUT2D eigenvalue weighted by Crippen LogP contribution is -2.41. The predicted molar refractivity (Wildman–Crippen MR) is 73.1 cm³/mol. The second-order valence-electron chi connectivity index (χ2n) is 5.09. The fourth-order valence-electron chi connectivity index (χ4n) is 2.42. The van der Waals surface area contributed by atoms with Crippen molar-refractivity contribution in [1.29, 1.82) is 0 Å². The molecule has 5 nitrogen and oxygen atoms in total. The topological polar surface area (TPSA) is 78.4 Å². The van der Waals surface area contributed by atoms with E-state index in [0.29, 0.717) is 17.2 Å². The monoisotopic (exact) mass is 284 g/mol. The summed E-state index contributed by atoms with van der Waals surface area (Å²) in [6.45, 7) is 0.624. The molecule has 1 aromatic carbocycles. The first kappa shape index (κ1) is 14.2. The molecule has 0 atom stereocenters. The second kappa shape index (κ2) is 5.86. The van der Waals surface area contributed by atoms with Gasteiger partial charge in [-0.2, -0.15) is 0 Å². The molecular formula is C13H17ClN2O3. The third kappa shape index (κ3) is 3.65. The lowest BCUT2D eigenvalue weighted by Gasteiger charge is -2.23.